The number of hydrogen-bond donors (Lipinski definition) is 3. The van der Waals surface area contributed by atoms with Gasteiger partial charge in [0, 0.05) is 6.07 Å². The second kappa shape index (κ2) is 6.29. The summed E-state index contributed by atoms with van der Waals surface area (Å²) in [5, 5.41) is 14.3. The molecule has 1 heterocycles. The zero-order chi connectivity index (χ0) is 13.7. The highest BCUT2D eigenvalue weighted by Gasteiger charge is 2.15. The van der Waals surface area contributed by atoms with Gasteiger partial charge in [-0.05, 0) is 38.1 Å². The minimum absolute atomic E-state index is 0.198. The largest absolute Gasteiger partial charge is 0.494 e. The molecule has 3 N–H and O–H groups in total. The number of benzene rings is 1. The lowest BCUT2D eigenvalue weighted by Gasteiger charge is -2.24. The van der Waals surface area contributed by atoms with Gasteiger partial charge >= 0.3 is 6.09 Å². The van der Waals surface area contributed by atoms with Crippen molar-refractivity contribution in [1.29, 1.82) is 0 Å². The second-order valence-electron chi connectivity index (χ2n) is 4.36. The third-order valence-electron chi connectivity index (χ3n) is 3.00. The number of piperidine rings is 1. The summed E-state index contributed by atoms with van der Waals surface area (Å²) < 4.78 is 11.0. The molecule has 0 radical (unpaired) electrons. The van der Waals surface area contributed by atoms with Gasteiger partial charge in [0.05, 0.1) is 12.8 Å². The highest BCUT2D eigenvalue weighted by Crippen LogP contribution is 2.30. The van der Waals surface area contributed by atoms with Gasteiger partial charge < -0.3 is 19.9 Å². The van der Waals surface area contributed by atoms with E-state index in [9.17, 15) is 4.79 Å². The van der Waals surface area contributed by atoms with Crippen molar-refractivity contribution in [2.24, 2.45) is 0 Å². The molecular weight excluding hydrogens is 248 g/mol. The van der Waals surface area contributed by atoms with Gasteiger partial charge in [-0.25, -0.2) is 4.79 Å². The van der Waals surface area contributed by atoms with E-state index in [1.54, 1.807) is 18.2 Å². The standard InChI is InChI=1S/C13H18N2O4/c1-18-12-8-10(2-3-11(12)15-13(16)17)19-9-4-6-14-7-5-9/h2-3,8-9,14-15H,4-7H2,1H3,(H,16,17). The van der Waals surface area contributed by atoms with Crippen LogP contribution in [0, 0.1) is 0 Å². The number of ether oxygens (including phenoxy) is 2. The topological polar surface area (TPSA) is 79.8 Å². The van der Waals surface area contributed by atoms with Gasteiger partial charge in [-0.3, -0.25) is 5.32 Å². The first kappa shape index (κ1) is 13.5. The normalized spacial score (nSPS) is 15.8. The summed E-state index contributed by atoms with van der Waals surface area (Å²) in [4.78, 5) is 10.6. The maximum Gasteiger partial charge on any atom is 0.409 e. The molecule has 6 heteroatoms. The Labute approximate surface area is 111 Å². The average Bonchev–Trinajstić information content (AvgIpc) is 2.41. The maximum absolute atomic E-state index is 10.6. The zero-order valence-electron chi connectivity index (χ0n) is 10.8. The summed E-state index contributed by atoms with van der Waals surface area (Å²) in [5.74, 6) is 1.15. The molecule has 0 spiro atoms. The smallest absolute Gasteiger partial charge is 0.409 e. The molecule has 0 unspecified atom stereocenters. The molecule has 1 aliphatic rings. The summed E-state index contributed by atoms with van der Waals surface area (Å²) >= 11 is 0. The van der Waals surface area contributed by atoms with Crippen LogP contribution in [0.4, 0.5) is 10.5 Å². The number of nitrogens with one attached hydrogen (secondary N) is 2. The third kappa shape index (κ3) is 3.75. The van der Waals surface area contributed by atoms with Gasteiger partial charge in [0.1, 0.15) is 17.6 Å². The van der Waals surface area contributed by atoms with Gasteiger partial charge in [-0.2, -0.15) is 0 Å². The summed E-state index contributed by atoms with van der Waals surface area (Å²) in [5.41, 5.74) is 0.410. The molecule has 0 aromatic heterocycles. The minimum Gasteiger partial charge on any atom is -0.494 e. The van der Waals surface area contributed by atoms with Crippen LogP contribution in [-0.4, -0.2) is 37.5 Å². The van der Waals surface area contributed by atoms with E-state index in [1.165, 1.54) is 7.11 Å². The number of methoxy groups -OCH3 is 1. The summed E-state index contributed by atoms with van der Waals surface area (Å²) in [6.07, 6.45) is 1.02. The van der Waals surface area contributed by atoms with E-state index in [2.05, 4.69) is 10.6 Å². The van der Waals surface area contributed by atoms with Crippen LogP contribution in [-0.2, 0) is 0 Å². The number of carboxylic acid groups (broad SMARTS) is 1. The van der Waals surface area contributed by atoms with Gasteiger partial charge in [-0.15, -0.1) is 0 Å². The van der Waals surface area contributed by atoms with Crippen molar-refractivity contribution < 1.29 is 19.4 Å². The van der Waals surface area contributed by atoms with E-state index in [0.717, 1.165) is 25.9 Å². The van der Waals surface area contributed by atoms with E-state index in [4.69, 9.17) is 14.6 Å². The Bertz CT molecular complexity index is 444. The van der Waals surface area contributed by atoms with E-state index >= 15 is 0 Å². The SMILES string of the molecule is COc1cc(OC2CCNCC2)ccc1NC(=O)O. The lowest BCUT2D eigenvalue weighted by Crippen LogP contribution is -2.34. The molecule has 1 amide bonds. The van der Waals surface area contributed by atoms with E-state index in [0.29, 0.717) is 17.2 Å². The fraction of sp³-hybridized carbons (Fsp3) is 0.462. The first-order chi connectivity index (χ1) is 9.19. The fourth-order valence-corrected chi connectivity index (χ4v) is 2.07. The van der Waals surface area contributed by atoms with Crippen LogP contribution in [0.3, 0.4) is 0 Å². The highest BCUT2D eigenvalue weighted by atomic mass is 16.5. The highest BCUT2D eigenvalue weighted by molar-refractivity contribution is 5.85. The summed E-state index contributed by atoms with van der Waals surface area (Å²) in [7, 11) is 1.50. The number of carbonyl (C=O) groups is 1. The second-order valence-corrected chi connectivity index (χ2v) is 4.36. The van der Waals surface area contributed by atoms with Crippen molar-refractivity contribution in [3.05, 3.63) is 18.2 Å². The molecule has 0 bridgehead atoms. The fourth-order valence-electron chi connectivity index (χ4n) is 2.07. The van der Waals surface area contributed by atoms with Crippen LogP contribution in [0.15, 0.2) is 18.2 Å². The number of anilines is 1. The summed E-state index contributed by atoms with van der Waals surface area (Å²) in [6, 6.07) is 5.09. The van der Waals surface area contributed by atoms with Crippen LogP contribution in [0.25, 0.3) is 0 Å². The zero-order valence-corrected chi connectivity index (χ0v) is 10.8. The Balaban J connectivity index is 2.07. The van der Waals surface area contributed by atoms with Crippen LogP contribution >= 0.6 is 0 Å². The number of hydrogen-bond acceptors (Lipinski definition) is 4. The van der Waals surface area contributed by atoms with Crippen molar-refractivity contribution in [2.75, 3.05) is 25.5 Å². The van der Waals surface area contributed by atoms with Crippen molar-refractivity contribution >= 4 is 11.8 Å². The lowest BCUT2D eigenvalue weighted by atomic mass is 10.1. The molecule has 0 atom stereocenters. The molecule has 2 rings (SSSR count). The molecule has 1 fully saturated rings. The Morgan fingerprint density at radius 3 is 2.79 bits per heavy atom. The van der Waals surface area contributed by atoms with E-state index < -0.39 is 6.09 Å². The van der Waals surface area contributed by atoms with E-state index in [1.807, 2.05) is 0 Å². The minimum atomic E-state index is -1.12. The molecule has 1 aromatic carbocycles. The van der Waals surface area contributed by atoms with Crippen molar-refractivity contribution in [2.45, 2.75) is 18.9 Å². The van der Waals surface area contributed by atoms with Crippen molar-refractivity contribution in [3.63, 3.8) is 0 Å². The number of amides is 1. The Hall–Kier alpha value is -1.95. The van der Waals surface area contributed by atoms with Crippen molar-refractivity contribution in [1.82, 2.24) is 5.32 Å². The van der Waals surface area contributed by atoms with Gasteiger partial charge in [0.25, 0.3) is 0 Å². The number of rotatable bonds is 4. The first-order valence-corrected chi connectivity index (χ1v) is 6.24. The quantitative estimate of drug-likeness (QED) is 0.775. The molecule has 6 nitrogen and oxygen atoms in total. The summed E-state index contributed by atoms with van der Waals surface area (Å²) in [6.45, 7) is 1.92. The van der Waals surface area contributed by atoms with Crippen molar-refractivity contribution in [3.8, 4) is 11.5 Å². The van der Waals surface area contributed by atoms with Crippen LogP contribution in [0.2, 0.25) is 0 Å². The molecule has 104 valence electrons. The molecule has 1 aromatic rings. The molecule has 0 saturated carbocycles. The Kier molecular flexibility index (Phi) is 4.46. The van der Waals surface area contributed by atoms with Gasteiger partial charge in [0.15, 0.2) is 0 Å². The Morgan fingerprint density at radius 2 is 2.16 bits per heavy atom. The third-order valence-corrected chi connectivity index (χ3v) is 3.00. The molecular formula is C13H18N2O4. The van der Waals surface area contributed by atoms with Crippen LogP contribution < -0.4 is 20.1 Å². The monoisotopic (exact) mass is 266 g/mol. The molecule has 1 saturated heterocycles. The Morgan fingerprint density at radius 1 is 1.42 bits per heavy atom. The van der Waals surface area contributed by atoms with Crippen LogP contribution in [0.5, 0.6) is 11.5 Å². The van der Waals surface area contributed by atoms with Crippen LogP contribution in [0.1, 0.15) is 12.8 Å². The van der Waals surface area contributed by atoms with E-state index in [-0.39, 0.29) is 6.10 Å². The molecule has 1 aliphatic heterocycles. The van der Waals surface area contributed by atoms with Gasteiger partial charge in [-0.1, -0.05) is 0 Å². The average molecular weight is 266 g/mol. The molecule has 19 heavy (non-hydrogen) atoms. The lowest BCUT2D eigenvalue weighted by molar-refractivity contribution is 0.162. The molecule has 0 aliphatic carbocycles. The predicted molar refractivity (Wildman–Crippen MR) is 71.2 cm³/mol. The maximum atomic E-state index is 10.6. The first-order valence-electron chi connectivity index (χ1n) is 6.24. The predicted octanol–water partition coefficient (Wildman–Crippen LogP) is 1.92. The van der Waals surface area contributed by atoms with Gasteiger partial charge in [0.2, 0.25) is 0 Å².